The summed E-state index contributed by atoms with van der Waals surface area (Å²) in [5, 5.41) is 24.5. The number of nitro groups is 1. The van der Waals surface area contributed by atoms with Gasteiger partial charge in [-0.3, -0.25) is 10.1 Å². The highest BCUT2D eigenvalue weighted by molar-refractivity contribution is 7.91. The van der Waals surface area contributed by atoms with Crippen LogP contribution in [0.3, 0.4) is 0 Å². The van der Waals surface area contributed by atoms with E-state index >= 15 is 0 Å². The van der Waals surface area contributed by atoms with Crippen molar-refractivity contribution in [2.24, 2.45) is 0 Å². The number of aliphatic hydroxyl groups is 1. The molecule has 1 aliphatic carbocycles. The first kappa shape index (κ1) is 19.5. The highest BCUT2D eigenvalue weighted by Gasteiger charge is 2.31. The Hall–Kier alpha value is -1.81. The molecule has 25 heavy (non-hydrogen) atoms. The first-order chi connectivity index (χ1) is 11.7. The van der Waals surface area contributed by atoms with Crippen LogP contribution in [0.1, 0.15) is 38.5 Å². The largest absolute Gasteiger partial charge is 0.388 e. The first-order valence-corrected chi connectivity index (χ1v) is 9.47. The Morgan fingerprint density at radius 1 is 1.24 bits per heavy atom. The van der Waals surface area contributed by atoms with Crippen LogP contribution in [-0.2, 0) is 9.84 Å². The predicted molar refractivity (Wildman–Crippen MR) is 87.4 cm³/mol. The second-order valence-electron chi connectivity index (χ2n) is 6.23. The summed E-state index contributed by atoms with van der Waals surface area (Å²) in [7, 11) is -4.92. The van der Waals surface area contributed by atoms with E-state index in [2.05, 4.69) is 5.32 Å². The summed E-state index contributed by atoms with van der Waals surface area (Å²) >= 11 is 0. The van der Waals surface area contributed by atoms with Gasteiger partial charge < -0.3 is 10.4 Å². The predicted octanol–water partition coefficient (Wildman–Crippen LogP) is 3.09. The van der Waals surface area contributed by atoms with E-state index in [9.17, 15) is 32.4 Å². The lowest BCUT2D eigenvalue weighted by Gasteiger charge is -2.27. The van der Waals surface area contributed by atoms with Gasteiger partial charge in [0.25, 0.3) is 5.69 Å². The molecule has 0 heterocycles. The lowest BCUT2D eigenvalue weighted by Crippen LogP contribution is -2.36. The number of sulfone groups is 1. The zero-order valence-corrected chi connectivity index (χ0v) is 14.3. The summed E-state index contributed by atoms with van der Waals surface area (Å²) < 4.78 is 48.2. The number of alkyl halides is 2. The maximum Gasteiger partial charge on any atom is 0.341 e. The van der Waals surface area contributed by atoms with Crippen molar-refractivity contribution in [3.05, 3.63) is 28.3 Å². The van der Waals surface area contributed by atoms with Gasteiger partial charge in [0.15, 0.2) is 0 Å². The third kappa shape index (κ3) is 4.63. The third-order valence-corrected chi connectivity index (χ3v) is 5.75. The van der Waals surface area contributed by atoms with E-state index in [-0.39, 0.29) is 12.2 Å². The van der Waals surface area contributed by atoms with Gasteiger partial charge in [-0.25, -0.2) is 8.42 Å². The van der Waals surface area contributed by atoms with Crippen LogP contribution < -0.4 is 5.32 Å². The molecule has 1 fully saturated rings. The molecule has 0 spiro atoms. The molecule has 0 amide bonds. The first-order valence-electron chi connectivity index (χ1n) is 7.92. The molecule has 0 unspecified atom stereocenters. The van der Waals surface area contributed by atoms with Gasteiger partial charge >= 0.3 is 5.76 Å². The molecule has 0 bridgehead atoms. The topological polar surface area (TPSA) is 110 Å². The van der Waals surface area contributed by atoms with Crippen molar-refractivity contribution in [1.29, 1.82) is 0 Å². The quantitative estimate of drug-likeness (QED) is 0.447. The fraction of sp³-hybridized carbons (Fsp3) is 0.600. The second kappa shape index (κ2) is 7.61. The van der Waals surface area contributed by atoms with Gasteiger partial charge in [0.1, 0.15) is 5.69 Å². The summed E-state index contributed by atoms with van der Waals surface area (Å²) in [6.45, 7) is 0.0643. The van der Waals surface area contributed by atoms with Crippen LogP contribution in [0.4, 0.5) is 20.2 Å². The van der Waals surface area contributed by atoms with Crippen LogP contribution in [-0.4, -0.2) is 36.4 Å². The number of hydrogen-bond donors (Lipinski definition) is 2. The Kier molecular flexibility index (Phi) is 5.94. The summed E-state index contributed by atoms with van der Waals surface area (Å²) in [5.74, 6) is -3.65. The van der Waals surface area contributed by atoms with Crippen LogP contribution in [0, 0.1) is 10.1 Å². The van der Waals surface area contributed by atoms with Gasteiger partial charge in [-0.1, -0.05) is 25.7 Å². The molecular weight excluding hydrogens is 358 g/mol. The van der Waals surface area contributed by atoms with Crippen molar-refractivity contribution in [3.63, 3.8) is 0 Å². The van der Waals surface area contributed by atoms with Crippen molar-refractivity contribution >= 4 is 21.2 Å². The van der Waals surface area contributed by atoms with Gasteiger partial charge in [-0.2, -0.15) is 8.78 Å². The molecule has 2 N–H and O–H groups in total. The Bertz CT molecular complexity index is 731. The van der Waals surface area contributed by atoms with Crippen molar-refractivity contribution in [2.45, 2.75) is 54.8 Å². The van der Waals surface area contributed by atoms with Gasteiger partial charge in [0.05, 0.1) is 15.4 Å². The molecule has 10 heteroatoms. The van der Waals surface area contributed by atoms with Crippen molar-refractivity contribution in [2.75, 3.05) is 11.9 Å². The van der Waals surface area contributed by atoms with Crippen LogP contribution in [0.15, 0.2) is 23.1 Å². The van der Waals surface area contributed by atoms with Crippen molar-refractivity contribution in [3.8, 4) is 0 Å². The van der Waals surface area contributed by atoms with Crippen LogP contribution in [0.25, 0.3) is 0 Å². The third-order valence-electron chi connectivity index (χ3n) is 4.37. The molecule has 1 aromatic rings. The minimum atomic E-state index is -4.92. The Balaban J connectivity index is 2.25. The van der Waals surface area contributed by atoms with E-state index in [1.807, 2.05) is 0 Å². The van der Waals surface area contributed by atoms with Crippen molar-refractivity contribution in [1.82, 2.24) is 0 Å². The van der Waals surface area contributed by atoms with E-state index in [1.165, 1.54) is 0 Å². The standard InChI is InChI=1S/C15H20F2N2O5S/c16-14(17)25(23,24)11-5-6-12(13(9-11)19(21)22)18-10-15(20)7-3-1-2-4-8-15/h5-6,9,14,18,20H,1-4,7-8,10H2. The molecule has 0 aliphatic heterocycles. The highest BCUT2D eigenvalue weighted by Crippen LogP contribution is 2.32. The van der Waals surface area contributed by atoms with Gasteiger partial charge in [0, 0.05) is 12.6 Å². The van der Waals surface area contributed by atoms with E-state index < -0.39 is 36.7 Å². The number of rotatable bonds is 6. The van der Waals surface area contributed by atoms with Gasteiger partial charge in [0.2, 0.25) is 9.84 Å². The summed E-state index contributed by atoms with van der Waals surface area (Å²) in [5.41, 5.74) is -1.65. The Morgan fingerprint density at radius 3 is 2.36 bits per heavy atom. The van der Waals surface area contributed by atoms with Gasteiger partial charge in [-0.15, -0.1) is 0 Å². The number of hydrogen-bond acceptors (Lipinski definition) is 6. The summed E-state index contributed by atoms with van der Waals surface area (Å²) in [6.07, 6.45) is 4.86. The monoisotopic (exact) mass is 378 g/mol. The number of anilines is 1. The normalized spacial score (nSPS) is 17.9. The molecule has 1 aliphatic rings. The lowest BCUT2D eigenvalue weighted by atomic mass is 9.94. The maximum atomic E-state index is 12.6. The average Bonchev–Trinajstić information content (AvgIpc) is 2.77. The second-order valence-corrected chi connectivity index (χ2v) is 8.15. The molecule has 2 rings (SSSR count). The molecule has 1 saturated carbocycles. The highest BCUT2D eigenvalue weighted by atomic mass is 32.2. The number of benzene rings is 1. The number of nitrogens with one attached hydrogen (secondary N) is 1. The SMILES string of the molecule is O=[N+]([O-])c1cc(S(=O)(=O)C(F)F)ccc1NCC1(O)CCCCCC1. The number of nitrogens with zero attached hydrogens (tertiary/aromatic N) is 1. The zero-order valence-electron chi connectivity index (χ0n) is 13.5. The molecule has 140 valence electrons. The number of halogens is 2. The van der Waals surface area contributed by atoms with E-state index in [1.54, 1.807) is 0 Å². The fourth-order valence-electron chi connectivity index (χ4n) is 2.92. The van der Waals surface area contributed by atoms with E-state index in [4.69, 9.17) is 0 Å². The molecule has 0 atom stereocenters. The fourth-order valence-corrected chi connectivity index (χ4v) is 3.65. The van der Waals surface area contributed by atoms with Gasteiger partial charge in [-0.05, 0) is 25.0 Å². The lowest BCUT2D eigenvalue weighted by molar-refractivity contribution is -0.384. The summed E-state index contributed by atoms with van der Waals surface area (Å²) in [4.78, 5) is 9.52. The molecule has 0 aromatic heterocycles. The van der Waals surface area contributed by atoms with Crippen molar-refractivity contribution < 1.29 is 27.2 Å². The Morgan fingerprint density at radius 2 is 1.84 bits per heavy atom. The van der Waals surface area contributed by atoms with E-state index in [0.29, 0.717) is 18.9 Å². The maximum absolute atomic E-state index is 12.6. The van der Waals surface area contributed by atoms with Crippen LogP contribution in [0.2, 0.25) is 0 Å². The molecular formula is C15H20F2N2O5S. The molecule has 7 nitrogen and oxygen atoms in total. The minimum Gasteiger partial charge on any atom is -0.388 e. The summed E-state index contributed by atoms with van der Waals surface area (Å²) in [6, 6.07) is 2.59. The molecule has 0 radical (unpaired) electrons. The van der Waals surface area contributed by atoms with Crippen LogP contribution >= 0.6 is 0 Å². The number of nitro benzene ring substituents is 1. The molecule has 0 saturated heterocycles. The zero-order chi connectivity index (χ0) is 18.7. The van der Waals surface area contributed by atoms with E-state index in [0.717, 1.165) is 37.8 Å². The van der Waals surface area contributed by atoms with Crippen LogP contribution in [0.5, 0.6) is 0 Å². The molecule has 1 aromatic carbocycles. The smallest absolute Gasteiger partial charge is 0.341 e. The Labute approximate surface area is 144 Å². The average molecular weight is 378 g/mol. The minimum absolute atomic E-state index is 0.0177.